The van der Waals surface area contributed by atoms with Crippen LogP contribution in [0, 0.1) is 0 Å². The van der Waals surface area contributed by atoms with E-state index in [0.717, 1.165) is 19.4 Å². The van der Waals surface area contributed by atoms with Crippen molar-refractivity contribution in [3.8, 4) is 0 Å². The van der Waals surface area contributed by atoms with Gasteiger partial charge in [-0.1, -0.05) is 17.7 Å². The maximum Gasteiger partial charge on any atom is 0.0404 e. The van der Waals surface area contributed by atoms with Crippen molar-refractivity contribution >= 4 is 0 Å². The molecule has 100 valence electrons. The van der Waals surface area contributed by atoms with Gasteiger partial charge in [-0.05, 0) is 65.1 Å². The third-order valence-corrected chi connectivity index (χ3v) is 2.98. The van der Waals surface area contributed by atoms with E-state index in [0.29, 0.717) is 6.04 Å². The van der Waals surface area contributed by atoms with Crippen LogP contribution in [-0.2, 0) is 6.42 Å². The largest absolute Gasteiger partial charge is 0.314 e. The second-order valence-corrected chi connectivity index (χ2v) is 5.14. The summed E-state index contributed by atoms with van der Waals surface area (Å²) in [4.78, 5) is 4.33. The van der Waals surface area contributed by atoms with Crippen molar-refractivity contribution in [2.75, 3.05) is 6.54 Å². The molecule has 1 rings (SSSR count). The molecule has 1 aromatic rings. The molecule has 0 spiro atoms. The highest BCUT2D eigenvalue weighted by atomic mass is 14.9. The predicted molar refractivity (Wildman–Crippen MR) is 78.7 cm³/mol. The summed E-state index contributed by atoms with van der Waals surface area (Å²) in [5.74, 6) is 0. The first-order valence-electron chi connectivity index (χ1n) is 6.95. The van der Waals surface area contributed by atoms with Gasteiger partial charge in [-0.3, -0.25) is 4.98 Å². The fourth-order valence-corrected chi connectivity index (χ4v) is 1.89. The highest BCUT2D eigenvalue weighted by Crippen LogP contribution is 2.02. The van der Waals surface area contributed by atoms with Crippen molar-refractivity contribution < 1.29 is 0 Å². The number of aryl methyl sites for hydroxylation is 1. The normalized spacial score (nSPS) is 12.2. The summed E-state index contributed by atoms with van der Waals surface area (Å²) in [5.41, 5.74) is 2.61. The summed E-state index contributed by atoms with van der Waals surface area (Å²) in [6, 6.07) is 6.72. The first-order chi connectivity index (χ1) is 8.68. The second-order valence-electron chi connectivity index (χ2n) is 5.14. The van der Waals surface area contributed by atoms with E-state index < -0.39 is 0 Å². The van der Waals surface area contributed by atoms with Crippen LogP contribution in [0.4, 0.5) is 0 Å². The Kier molecular flexibility index (Phi) is 7.35. The molecule has 0 aromatic carbocycles. The van der Waals surface area contributed by atoms with E-state index in [1.165, 1.54) is 24.1 Å². The molecule has 0 aliphatic carbocycles. The molecule has 0 unspecified atom stereocenters. The van der Waals surface area contributed by atoms with Crippen LogP contribution in [0.5, 0.6) is 0 Å². The molecule has 1 N–H and O–H groups in total. The molecule has 1 heterocycles. The molecule has 0 aliphatic rings. The van der Waals surface area contributed by atoms with E-state index in [1.807, 2.05) is 12.3 Å². The minimum atomic E-state index is 0.601. The van der Waals surface area contributed by atoms with Crippen LogP contribution in [0.25, 0.3) is 0 Å². The van der Waals surface area contributed by atoms with Crippen molar-refractivity contribution in [1.82, 2.24) is 10.3 Å². The van der Waals surface area contributed by atoms with Crippen LogP contribution in [0.2, 0.25) is 0 Å². The standard InChI is InChI=1S/C16H26N2/c1-14(2)8-6-9-15(3)17-13-7-11-16-10-4-5-12-18-16/h4-5,8,10,12,15,17H,6-7,9,11,13H2,1-3H3/t15-/m0/s1. The molecule has 18 heavy (non-hydrogen) atoms. The number of hydrogen-bond acceptors (Lipinski definition) is 2. The Balaban J connectivity index is 2.05. The maximum atomic E-state index is 4.33. The Morgan fingerprint density at radius 2 is 2.22 bits per heavy atom. The lowest BCUT2D eigenvalue weighted by molar-refractivity contribution is 0.508. The van der Waals surface area contributed by atoms with E-state index in [-0.39, 0.29) is 0 Å². The zero-order valence-corrected chi connectivity index (χ0v) is 11.9. The second kappa shape index (κ2) is 8.87. The quantitative estimate of drug-likeness (QED) is 0.558. The number of pyridine rings is 1. The van der Waals surface area contributed by atoms with Gasteiger partial charge in [-0.25, -0.2) is 0 Å². The Morgan fingerprint density at radius 1 is 1.39 bits per heavy atom. The van der Waals surface area contributed by atoms with E-state index in [9.17, 15) is 0 Å². The summed E-state index contributed by atoms with van der Waals surface area (Å²) in [7, 11) is 0. The van der Waals surface area contributed by atoms with Gasteiger partial charge in [-0.2, -0.15) is 0 Å². The summed E-state index contributed by atoms with van der Waals surface area (Å²) in [5, 5.41) is 3.57. The maximum absolute atomic E-state index is 4.33. The number of nitrogens with zero attached hydrogens (tertiary/aromatic N) is 1. The molecular formula is C16H26N2. The van der Waals surface area contributed by atoms with Gasteiger partial charge in [0.25, 0.3) is 0 Å². The molecule has 0 radical (unpaired) electrons. The number of aromatic nitrogens is 1. The number of hydrogen-bond donors (Lipinski definition) is 1. The number of rotatable bonds is 8. The summed E-state index contributed by atoms with van der Waals surface area (Å²) < 4.78 is 0. The molecule has 0 aliphatic heterocycles. The Morgan fingerprint density at radius 3 is 2.89 bits per heavy atom. The zero-order valence-electron chi connectivity index (χ0n) is 11.9. The molecule has 1 atom stereocenters. The molecule has 1 aromatic heterocycles. The van der Waals surface area contributed by atoms with Gasteiger partial charge in [0, 0.05) is 17.9 Å². The fraction of sp³-hybridized carbons (Fsp3) is 0.562. The van der Waals surface area contributed by atoms with Crippen LogP contribution < -0.4 is 5.32 Å². The van der Waals surface area contributed by atoms with Crippen molar-refractivity contribution in [2.45, 2.75) is 52.5 Å². The van der Waals surface area contributed by atoms with Crippen molar-refractivity contribution in [2.24, 2.45) is 0 Å². The molecule has 2 nitrogen and oxygen atoms in total. The Hall–Kier alpha value is -1.15. The summed E-state index contributed by atoms with van der Waals surface area (Å²) in [6.07, 6.45) is 8.79. The first kappa shape index (κ1) is 14.9. The van der Waals surface area contributed by atoms with Gasteiger partial charge < -0.3 is 5.32 Å². The van der Waals surface area contributed by atoms with Crippen LogP contribution in [0.1, 0.15) is 45.7 Å². The molecular weight excluding hydrogens is 220 g/mol. The molecule has 0 fully saturated rings. The minimum Gasteiger partial charge on any atom is -0.314 e. The lowest BCUT2D eigenvalue weighted by Gasteiger charge is -2.12. The lowest BCUT2D eigenvalue weighted by Crippen LogP contribution is -2.27. The van der Waals surface area contributed by atoms with Gasteiger partial charge in [0.2, 0.25) is 0 Å². The van der Waals surface area contributed by atoms with Crippen molar-refractivity contribution in [3.63, 3.8) is 0 Å². The van der Waals surface area contributed by atoms with Gasteiger partial charge in [-0.15, -0.1) is 0 Å². The van der Waals surface area contributed by atoms with Crippen LogP contribution in [0.15, 0.2) is 36.0 Å². The van der Waals surface area contributed by atoms with Gasteiger partial charge in [0.05, 0.1) is 0 Å². The SMILES string of the molecule is CC(C)=CCC[C@H](C)NCCCc1ccccn1. The number of nitrogens with one attached hydrogen (secondary N) is 1. The predicted octanol–water partition coefficient (Wildman–Crippen LogP) is 3.74. The lowest BCUT2D eigenvalue weighted by atomic mass is 10.1. The Bertz CT molecular complexity index is 339. The van der Waals surface area contributed by atoms with Gasteiger partial charge >= 0.3 is 0 Å². The van der Waals surface area contributed by atoms with Crippen molar-refractivity contribution in [3.05, 3.63) is 41.7 Å². The fourth-order valence-electron chi connectivity index (χ4n) is 1.89. The van der Waals surface area contributed by atoms with Crippen LogP contribution >= 0.6 is 0 Å². The van der Waals surface area contributed by atoms with E-state index in [1.54, 1.807) is 0 Å². The smallest absolute Gasteiger partial charge is 0.0404 e. The minimum absolute atomic E-state index is 0.601. The van der Waals surface area contributed by atoms with Gasteiger partial charge in [0.15, 0.2) is 0 Å². The average Bonchev–Trinajstić information content (AvgIpc) is 2.35. The monoisotopic (exact) mass is 246 g/mol. The highest BCUT2D eigenvalue weighted by Gasteiger charge is 1.99. The third-order valence-electron chi connectivity index (χ3n) is 2.98. The Labute approximate surface area is 112 Å². The molecule has 0 saturated heterocycles. The zero-order chi connectivity index (χ0) is 13.2. The summed E-state index contributed by atoms with van der Waals surface area (Å²) in [6.45, 7) is 7.65. The van der Waals surface area contributed by atoms with E-state index >= 15 is 0 Å². The number of allylic oxidation sites excluding steroid dienone is 2. The molecule has 0 amide bonds. The third kappa shape index (κ3) is 7.23. The van der Waals surface area contributed by atoms with E-state index in [2.05, 4.69) is 49.3 Å². The van der Waals surface area contributed by atoms with Crippen molar-refractivity contribution in [1.29, 1.82) is 0 Å². The first-order valence-corrected chi connectivity index (χ1v) is 6.95. The summed E-state index contributed by atoms with van der Waals surface area (Å²) >= 11 is 0. The molecule has 2 heteroatoms. The van der Waals surface area contributed by atoms with Gasteiger partial charge in [0.1, 0.15) is 0 Å². The molecule has 0 bridgehead atoms. The highest BCUT2D eigenvalue weighted by molar-refractivity contribution is 5.03. The molecule has 0 saturated carbocycles. The van der Waals surface area contributed by atoms with Crippen LogP contribution in [0.3, 0.4) is 0 Å². The topological polar surface area (TPSA) is 24.9 Å². The van der Waals surface area contributed by atoms with E-state index in [4.69, 9.17) is 0 Å². The average molecular weight is 246 g/mol. The van der Waals surface area contributed by atoms with Crippen LogP contribution in [-0.4, -0.2) is 17.6 Å².